The fourth-order valence-corrected chi connectivity index (χ4v) is 1.96. The zero-order chi connectivity index (χ0) is 15.8. The number of carboxylic acid groups (broad SMARTS) is 1. The lowest BCUT2D eigenvalue weighted by molar-refractivity contribution is -0.117. The number of rotatable bonds is 6. The quantitative estimate of drug-likeness (QED) is 0.684. The van der Waals surface area contributed by atoms with Gasteiger partial charge in [0.15, 0.2) is 0 Å². The zero-order valence-corrected chi connectivity index (χ0v) is 12.6. The Labute approximate surface area is 126 Å². The minimum atomic E-state index is -1.06. The second-order valence-electron chi connectivity index (χ2n) is 4.63. The average Bonchev–Trinajstić information content (AvgIpc) is 2.43. The summed E-state index contributed by atoms with van der Waals surface area (Å²) in [6.45, 7) is 4.37. The van der Waals surface area contributed by atoms with Crippen molar-refractivity contribution in [3.05, 3.63) is 23.9 Å². The molecule has 0 aliphatic rings. The van der Waals surface area contributed by atoms with Crippen LogP contribution in [-0.4, -0.2) is 40.3 Å². The number of thioether (sulfide) groups is 1. The summed E-state index contributed by atoms with van der Waals surface area (Å²) in [4.78, 5) is 37.7. The van der Waals surface area contributed by atoms with Gasteiger partial charge in [0.1, 0.15) is 0 Å². The summed E-state index contributed by atoms with van der Waals surface area (Å²) in [6, 6.07) is 2.20. The van der Waals surface area contributed by atoms with Crippen LogP contribution in [-0.2, 0) is 4.79 Å². The van der Waals surface area contributed by atoms with Crippen LogP contribution in [0, 0.1) is 5.92 Å². The molecule has 0 saturated carbocycles. The number of carboxylic acids is 1. The first-order valence-electron chi connectivity index (χ1n) is 6.28. The molecule has 0 unspecified atom stereocenters. The van der Waals surface area contributed by atoms with Crippen LogP contribution in [0.4, 0.5) is 4.79 Å². The van der Waals surface area contributed by atoms with Crippen LogP contribution in [0.5, 0.6) is 0 Å². The summed E-state index contributed by atoms with van der Waals surface area (Å²) in [6.07, 6.45) is 1.36. The standard InChI is InChI=1S/C13H17N3O4S/c1-8(2)6-15-13(20)16-10(17)7-21-11-5-9(12(18)19)3-4-14-11/h3-5,8H,6-7H2,1-2H3,(H,18,19)(H2,15,16,17,20). The molecule has 114 valence electrons. The summed E-state index contributed by atoms with van der Waals surface area (Å²) in [7, 11) is 0. The minimum Gasteiger partial charge on any atom is -0.478 e. The summed E-state index contributed by atoms with van der Waals surface area (Å²) < 4.78 is 0. The van der Waals surface area contributed by atoms with Gasteiger partial charge in [-0.15, -0.1) is 0 Å². The summed E-state index contributed by atoms with van der Waals surface area (Å²) in [5, 5.41) is 14.0. The number of urea groups is 1. The van der Waals surface area contributed by atoms with E-state index >= 15 is 0 Å². The molecule has 1 rings (SSSR count). The lowest BCUT2D eigenvalue weighted by atomic mass is 10.2. The highest BCUT2D eigenvalue weighted by Gasteiger charge is 2.10. The molecule has 7 nitrogen and oxygen atoms in total. The van der Waals surface area contributed by atoms with Crippen LogP contribution in [0.3, 0.4) is 0 Å². The normalized spacial score (nSPS) is 10.2. The third kappa shape index (κ3) is 6.75. The highest BCUT2D eigenvalue weighted by Crippen LogP contribution is 2.15. The average molecular weight is 311 g/mol. The van der Waals surface area contributed by atoms with Crippen LogP contribution < -0.4 is 10.6 Å². The van der Waals surface area contributed by atoms with Crippen LogP contribution >= 0.6 is 11.8 Å². The molecular weight excluding hydrogens is 294 g/mol. The van der Waals surface area contributed by atoms with Crippen molar-refractivity contribution in [2.75, 3.05) is 12.3 Å². The van der Waals surface area contributed by atoms with E-state index < -0.39 is 17.9 Å². The Morgan fingerprint density at radius 2 is 2.10 bits per heavy atom. The number of nitrogens with one attached hydrogen (secondary N) is 2. The molecule has 3 N–H and O–H groups in total. The highest BCUT2D eigenvalue weighted by atomic mass is 32.2. The smallest absolute Gasteiger partial charge is 0.335 e. The molecule has 0 radical (unpaired) electrons. The van der Waals surface area contributed by atoms with E-state index in [2.05, 4.69) is 15.6 Å². The molecule has 3 amide bonds. The molecule has 0 spiro atoms. The first-order valence-corrected chi connectivity index (χ1v) is 7.27. The van der Waals surface area contributed by atoms with E-state index in [0.29, 0.717) is 17.5 Å². The Balaban J connectivity index is 2.41. The molecule has 0 atom stereocenters. The fourth-order valence-electron chi connectivity index (χ4n) is 1.26. The second-order valence-corrected chi connectivity index (χ2v) is 5.62. The summed E-state index contributed by atoms with van der Waals surface area (Å²) >= 11 is 1.06. The molecule has 0 aromatic carbocycles. The van der Waals surface area contributed by atoms with Gasteiger partial charge in [-0.25, -0.2) is 14.6 Å². The van der Waals surface area contributed by atoms with E-state index in [4.69, 9.17) is 5.11 Å². The van der Waals surface area contributed by atoms with Crippen molar-refractivity contribution in [3.63, 3.8) is 0 Å². The summed E-state index contributed by atoms with van der Waals surface area (Å²) in [5.74, 6) is -1.26. The molecule has 1 heterocycles. The minimum absolute atomic E-state index is 0.0226. The van der Waals surface area contributed by atoms with Crippen molar-refractivity contribution in [2.45, 2.75) is 18.9 Å². The summed E-state index contributed by atoms with van der Waals surface area (Å²) in [5.41, 5.74) is 0.0996. The van der Waals surface area contributed by atoms with Gasteiger partial charge >= 0.3 is 12.0 Å². The molecule has 0 bridgehead atoms. The molecular formula is C13H17N3O4S. The van der Waals surface area contributed by atoms with Crippen LogP contribution in [0.1, 0.15) is 24.2 Å². The molecule has 1 aromatic rings. The van der Waals surface area contributed by atoms with Gasteiger partial charge in [-0.3, -0.25) is 10.1 Å². The number of amides is 3. The number of pyridine rings is 1. The molecule has 0 aliphatic carbocycles. The number of nitrogens with zero attached hydrogens (tertiary/aromatic N) is 1. The number of imide groups is 1. The number of carbonyl (C=O) groups is 3. The predicted molar refractivity (Wildman–Crippen MR) is 78.3 cm³/mol. The molecule has 0 fully saturated rings. The van der Waals surface area contributed by atoms with E-state index in [9.17, 15) is 14.4 Å². The number of aromatic carboxylic acids is 1. The van der Waals surface area contributed by atoms with Crippen molar-refractivity contribution >= 4 is 29.7 Å². The van der Waals surface area contributed by atoms with Crippen LogP contribution in [0.15, 0.2) is 23.4 Å². The third-order valence-electron chi connectivity index (χ3n) is 2.26. The molecule has 1 aromatic heterocycles. The monoisotopic (exact) mass is 311 g/mol. The second kappa shape index (κ2) is 8.25. The Hall–Kier alpha value is -2.09. The van der Waals surface area contributed by atoms with E-state index in [0.717, 1.165) is 11.8 Å². The predicted octanol–water partition coefficient (Wildman–Crippen LogP) is 1.35. The largest absolute Gasteiger partial charge is 0.478 e. The number of aromatic nitrogens is 1. The lowest BCUT2D eigenvalue weighted by Crippen LogP contribution is -2.41. The van der Waals surface area contributed by atoms with Crippen molar-refractivity contribution in [3.8, 4) is 0 Å². The first-order chi connectivity index (χ1) is 9.88. The molecule has 21 heavy (non-hydrogen) atoms. The Morgan fingerprint density at radius 3 is 2.71 bits per heavy atom. The molecule has 0 aliphatic heterocycles. The number of hydrogen-bond donors (Lipinski definition) is 3. The van der Waals surface area contributed by atoms with Crippen LogP contribution in [0.25, 0.3) is 0 Å². The molecule has 8 heteroatoms. The van der Waals surface area contributed by atoms with Crippen molar-refractivity contribution in [1.82, 2.24) is 15.6 Å². The molecule has 0 saturated heterocycles. The Morgan fingerprint density at radius 1 is 1.38 bits per heavy atom. The van der Waals surface area contributed by atoms with Gasteiger partial charge in [0.05, 0.1) is 16.3 Å². The van der Waals surface area contributed by atoms with Crippen molar-refractivity contribution in [1.29, 1.82) is 0 Å². The van der Waals surface area contributed by atoms with Gasteiger partial charge in [0.2, 0.25) is 5.91 Å². The third-order valence-corrected chi connectivity index (χ3v) is 3.18. The van der Waals surface area contributed by atoms with Gasteiger partial charge < -0.3 is 10.4 Å². The van der Waals surface area contributed by atoms with Crippen molar-refractivity contribution < 1.29 is 19.5 Å². The SMILES string of the molecule is CC(C)CNC(=O)NC(=O)CSc1cc(C(=O)O)ccn1. The van der Waals surface area contributed by atoms with Gasteiger partial charge in [-0.2, -0.15) is 0 Å². The lowest BCUT2D eigenvalue weighted by Gasteiger charge is -2.08. The highest BCUT2D eigenvalue weighted by molar-refractivity contribution is 7.99. The van der Waals surface area contributed by atoms with Gasteiger partial charge in [-0.1, -0.05) is 25.6 Å². The Bertz CT molecular complexity index is 534. The number of hydrogen-bond acceptors (Lipinski definition) is 5. The van der Waals surface area contributed by atoms with E-state index in [1.165, 1.54) is 18.3 Å². The maximum atomic E-state index is 11.6. The van der Waals surface area contributed by atoms with Crippen molar-refractivity contribution in [2.24, 2.45) is 5.92 Å². The zero-order valence-electron chi connectivity index (χ0n) is 11.8. The van der Waals surface area contributed by atoms with Gasteiger partial charge in [-0.05, 0) is 18.1 Å². The van der Waals surface area contributed by atoms with E-state index in [1.54, 1.807) is 0 Å². The fraction of sp³-hybridized carbons (Fsp3) is 0.385. The van der Waals surface area contributed by atoms with Gasteiger partial charge in [0, 0.05) is 12.7 Å². The van der Waals surface area contributed by atoms with E-state index in [-0.39, 0.29) is 11.3 Å². The number of carbonyl (C=O) groups excluding carboxylic acids is 2. The Kier molecular flexibility index (Phi) is 6.67. The maximum Gasteiger partial charge on any atom is 0.335 e. The van der Waals surface area contributed by atoms with Crippen LogP contribution in [0.2, 0.25) is 0 Å². The topological polar surface area (TPSA) is 108 Å². The van der Waals surface area contributed by atoms with Gasteiger partial charge in [0.25, 0.3) is 0 Å². The maximum absolute atomic E-state index is 11.6. The first kappa shape index (κ1) is 17.0. The van der Waals surface area contributed by atoms with E-state index in [1.807, 2.05) is 13.8 Å².